The van der Waals surface area contributed by atoms with Gasteiger partial charge in [-0.15, -0.1) is 0 Å². The molecule has 0 bridgehead atoms. The number of rotatable bonds is 6. The van der Waals surface area contributed by atoms with E-state index in [4.69, 9.17) is 9.15 Å². The molecule has 0 saturated carbocycles. The average molecular weight is 307 g/mol. The number of hydrogen-bond donors (Lipinski definition) is 0. The van der Waals surface area contributed by atoms with E-state index in [2.05, 4.69) is 19.6 Å². The number of hydrogen-bond acceptors (Lipinski definition) is 4. The highest BCUT2D eigenvalue weighted by Gasteiger charge is 2.16. The SMILES string of the molecule is CC(=O)c1cccc2c1oc(=O)n2COCC[Si](C)(C)C. The van der Waals surface area contributed by atoms with Gasteiger partial charge >= 0.3 is 5.76 Å². The number of oxazole rings is 1. The largest absolute Gasteiger partial charge is 0.421 e. The molecule has 1 heterocycles. The molecule has 0 spiro atoms. The van der Waals surface area contributed by atoms with Crippen molar-refractivity contribution in [3.05, 3.63) is 34.3 Å². The Morgan fingerprint density at radius 3 is 2.67 bits per heavy atom. The number of nitrogens with zero attached hydrogens (tertiary/aromatic N) is 1. The number of para-hydroxylation sites is 1. The molecule has 2 aromatic rings. The molecule has 0 amide bonds. The number of carbonyl (C=O) groups excluding carboxylic acids is 1. The first-order valence-electron chi connectivity index (χ1n) is 7.00. The summed E-state index contributed by atoms with van der Waals surface area (Å²) in [6.07, 6.45) is 0. The van der Waals surface area contributed by atoms with Gasteiger partial charge in [0.15, 0.2) is 11.4 Å². The predicted octanol–water partition coefficient (Wildman–Crippen LogP) is 3.11. The van der Waals surface area contributed by atoms with E-state index in [9.17, 15) is 9.59 Å². The molecule has 21 heavy (non-hydrogen) atoms. The van der Waals surface area contributed by atoms with Crippen molar-refractivity contribution < 1.29 is 13.9 Å². The minimum atomic E-state index is -1.15. The van der Waals surface area contributed by atoms with E-state index in [1.165, 1.54) is 11.5 Å². The molecule has 0 fully saturated rings. The first-order chi connectivity index (χ1) is 9.79. The second kappa shape index (κ2) is 5.99. The van der Waals surface area contributed by atoms with Crippen LogP contribution in [0.4, 0.5) is 0 Å². The maximum atomic E-state index is 11.9. The Hall–Kier alpha value is -1.66. The van der Waals surface area contributed by atoms with E-state index in [-0.39, 0.29) is 12.5 Å². The first-order valence-corrected chi connectivity index (χ1v) is 10.7. The summed E-state index contributed by atoms with van der Waals surface area (Å²) in [7, 11) is -1.15. The molecule has 0 aliphatic heterocycles. The van der Waals surface area contributed by atoms with Crippen LogP contribution < -0.4 is 5.76 Å². The van der Waals surface area contributed by atoms with Gasteiger partial charge in [-0.05, 0) is 25.1 Å². The van der Waals surface area contributed by atoms with E-state index >= 15 is 0 Å². The second-order valence-corrected chi connectivity index (χ2v) is 12.0. The molecule has 1 aromatic carbocycles. The fourth-order valence-electron chi connectivity index (χ4n) is 2.02. The van der Waals surface area contributed by atoms with Gasteiger partial charge in [0, 0.05) is 14.7 Å². The number of Topliss-reactive ketones (excluding diaryl/α,β-unsaturated/α-hetero) is 1. The van der Waals surface area contributed by atoms with E-state index in [0.29, 0.717) is 23.3 Å². The second-order valence-electron chi connectivity index (χ2n) is 6.35. The molecule has 0 aliphatic carbocycles. The molecule has 5 nitrogen and oxygen atoms in total. The Labute approximate surface area is 124 Å². The summed E-state index contributed by atoms with van der Waals surface area (Å²) < 4.78 is 12.2. The summed E-state index contributed by atoms with van der Waals surface area (Å²) in [4.78, 5) is 23.5. The average Bonchev–Trinajstić information content (AvgIpc) is 2.69. The molecule has 0 atom stereocenters. The van der Waals surface area contributed by atoms with Gasteiger partial charge in [0.1, 0.15) is 6.73 Å². The Kier molecular flexibility index (Phi) is 4.48. The van der Waals surface area contributed by atoms with Crippen LogP contribution in [-0.2, 0) is 11.5 Å². The Morgan fingerprint density at radius 2 is 2.05 bits per heavy atom. The van der Waals surface area contributed by atoms with Crippen LogP contribution in [0.15, 0.2) is 27.4 Å². The minimum absolute atomic E-state index is 0.124. The summed E-state index contributed by atoms with van der Waals surface area (Å²) in [5.41, 5.74) is 1.36. The number of ether oxygens (including phenoxy) is 1. The van der Waals surface area contributed by atoms with Gasteiger partial charge in [0.05, 0.1) is 11.1 Å². The highest BCUT2D eigenvalue weighted by molar-refractivity contribution is 6.76. The maximum Gasteiger partial charge on any atom is 0.421 e. The summed E-state index contributed by atoms with van der Waals surface area (Å²) >= 11 is 0. The van der Waals surface area contributed by atoms with Crippen LogP contribution in [0.3, 0.4) is 0 Å². The summed E-state index contributed by atoms with van der Waals surface area (Å²) in [5, 5.41) is 0. The molecular weight excluding hydrogens is 286 g/mol. The lowest BCUT2D eigenvalue weighted by Crippen LogP contribution is -2.23. The Bertz CT molecular complexity index is 709. The van der Waals surface area contributed by atoms with E-state index in [1.54, 1.807) is 18.2 Å². The normalized spacial score (nSPS) is 12.0. The number of carbonyl (C=O) groups is 1. The lowest BCUT2D eigenvalue weighted by molar-refractivity contribution is 0.0850. The summed E-state index contributed by atoms with van der Waals surface area (Å²) in [6.45, 7) is 9.05. The van der Waals surface area contributed by atoms with Gasteiger partial charge in [-0.25, -0.2) is 9.36 Å². The third-order valence-corrected chi connectivity index (χ3v) is 5.00. The van der Waals surface area contributed by atoms with Gasteiger partial charge < -0.3 is 9.15 Å². The zero-order valence-corrected chi connectivity index (χ0v) is 13.9. The molecule has 0 aliphatic rings. The number of benzene rings is 1. The zero-order valence-electron chi connectivity index (χ0n) is 12.9. The molecule has 6 heteroatoms. The van der Waals surface area contributed by atoms with Gasteiger partial charge in [-0.1, -0.05) is 25.7 Å². The van der Waals surface area contributed by atoms with Crippen LogP contribution in [0.25, 0.3) is 11.1 Å². The van der Waals surface area contributed by atoms with E-state index < -0.39 is 13.8 Å². The quantitative estimate of drug-likeness (QED) is 0.467. The van der Waals surface area contributed by atoms with E-state index in [0.717, 1.165) is 6.04 Å². The molecule has 0 unspecified atom stereocenters. The van der Waals surface area contributed by atoms with Crippen molar-refractivity contribution in [3.8, 4) is 0 Å². The lowest BCUT2D eigenvalue weighted by Gasteiger charge is -2.15. The van der Waals surface area contributed by atoms with Crippen LogP contribution in [-0.4, -0.2) is 25.0 Å². The summed E-state index contributed by atoms with van der Waals surface area (Å²) in [5.74, 6) is -0.618. The summed E-state index contributed by atoms with van der Waals surface area (Å²) in [6, 6.07) is 6.20. The Morgan fingerprint density at radius 1 is 1.33 bits per heavy atom. The van der Waals surface area contributed by atoms with Crippen molar-refractivity contribution in [2.45, 2.75) is 39.3 Å². The highest BCUT2D eigenvalue weighted by atomic mass is 28.3. The van der Waals surface area contributed by atoms with Crippen molar-refractivity contribution in [3.63, 3.8) is 0 Å². The van der Waals surface area contributed by atoms with Crippen molar-refractivity contribution >= 4 is 25.0 Å². The van der Waals surface area contributed by atoms with Crippen LogP contribution >= 0.6 is 0 Å². The number of aromatic nitrogens is 1. The van der Waals surface area contributed by atoms with Crippen LogP contribution in [0.1, 0.15) is 17.3 Å². The van der Waals surface area contributed by atoms with Gasteiger partial charge in [0.2, 0.25) is 0 Å². The maximum absolute atomic E-state index is 11.9. The molecule has 0 N–H and O–H groups in total. The van der Waals surface area contributed by atoms with Crippen LogP contribution in [0, 0.1) is 0 Å². The highest BCUT2D eigenvalue weighted by Crippen LogP contribution is 2.18. The monoisotopic (exact) mass is 307 g/mol. The van der Waals surface area contributed by atoms with E-state index in [1.807, 2.05) is 0 Å². The van der Waals surface area contributed by atoms with Crippen molar-refractivity contribution in [2.75, 3.05) is 6.61 Å². The molecule has 1 aromatic heterocycles. The zero-order chi connectivity index (χ0) is 15.6. The lowest BCUT2D eigenvalue weighted by atomic mass is 10.1. The molecular formula is C15H21NO4Si. The third-order valence-electron chi connectivity index (χ3n) is 3.29. The van der Waals surface area contributed by atoms with Crippen LogP contribution in [0.5, 0.6) is 0 Å². The third kappa shape index (κ3) is 3.71. The topological polar surface area (TPSA) is 61.4 Å². The minimum Gasteiger partial charge on any atom is -0.407 e. The smallest absolute Gasteiger partial charge is 0.407 e. The fraction of sp³-hybridized carbons (Fsp3) is 0.467. The molecule has 114 valence electrons. The fourth-order valence-corrected chi connectivity index (χ4v) is 2.78. The first kappa shape index (κ1) is 15.7. The Balaban J connectivity index is 2.21. The molecule has 0 radical (unpaired) electrons. The van der Waals surface area contributed by atoms with Gasteiger partial charge in [-0.3, -0.25) is 4.79 Å². The van der Waals surface area contributed by atoms with Crippen LogP contribution in [0.2, 0.25) is 25.7 Å². The number of fused-ring (bicyclic) bond motifs is 1. The number of ketones is 1. The standard InChI is InChI=1S/C15H21NO4Si/c1-11(17)12-6-5-7-13-14(12)20-15(18)16(13)10-19-8-9-21(2,3)4/h5-7H,8-10H2,1-4H3. The van der Waals surface area contributed by atoms with Gasteiger partial charge in [-0.2, -0.15) is 0 Å². The molecule has 0 saturated heterocycles. The van der Waals surface area contributed by atoms with Crippen molar-refractivity contribution in [1.29, 1.82) is 0 Å². The van der Waals surface area contributed by atoms with Gasteiger partial charge in [0.25, 0.3) is 0 Å². The van der Waals surface area contributed by atoms with Crippen molar-refractivity contribution in [1.82, 2.24) is 4.57 Å². The predicted molar refractivity (Wildman–Crippen MR) is 84.6 cm³/mol. The van der Waals surface area contributed by atoms with Crippen molar-refractivity contribution in [2.24, 2.45) is 0 Å². The molecule has 2 rings (SSSR count).